The molecule has 0 bridgehead atoms. The predicted octanol–water partition coefficient (Wildman–Crippen LogP) is 1.79. The van der Waals surface area contributed by atoms with Crippen LogP contribution in [0.25, 0.3) is 0 Å². The lowest BCUT2D eigenvalue weighted by atomic mass is 9.86. The summed E-state index contributed by atoms with van der Waals surface area (Å²) in [5, 5.41) is 0. The second-order valence-corrected chi connectivity index (χ2v) is 1.89. The number of rotatable bonds is 0. The van der Waals surface area contributed by atoms with E-state index in [1.807, 2.05) is 0 Å². The van der Waals surface area contributed by atoms with Crippen molar-refractivity contribution < 1.29 is 0 Å². The topological polar surface area (TPSA) is 0 Å². The minimum atomic E-state index is 0.769. The van der Waals surface area contributed by atoms with E-state index in [4.69, 9.17) is 0 Å². The third kappa shape index (κ3) is 0.368. The van der Waals surface area contributed by atoms with Gasteiger partial charge in [-0.3, -0.25) is 0 Å². The number of hydrogen-bond acceptors (Lipinski definition) is 0. The van der Waals surface area contributed by atoms with Gasteiger partial charge in [-0.25, -0.2) is 0 Å². The zero-order chi connectivity index (χ0) is 4.57. The van der Waals surface area contributed by atoms with Crippen molar-refractivity contribution >= 4 is 0 Å². The highest BCUT2D eigenvalue weighted by molar-refractivity contribution is 5.24. The Morgan fingerprint density at radius 1 is 1.67 bits per heavy atom. The molecule has 0 heteroatoms. The quantitative estimate of drug-likeness (QED) is 0.417. The summed E-state index contributed by atoms with van der Waals surface area (Å²) in [6.07, 6.45) is 4.36. The molecule has 0 saturated heterocycles. The van der Waals surface area contributed by atoms with Crippen LogP contribution < -0.4 is 0 Å². The van der Waals surface area contributed by atoms with Crippen molar-refractivity contribution in [3.05, 3.63) is 18.1 Å². The van der Waals surface area contributed by atoms with Crippen LogP contribution in [0.5, 0.6) is 0 Å². The molecule has 0 saturated carbocycles. The van der Waals surface area contributed by atoms with Crippen LogP contribution in [0.3, 0.4) is 0 Å². The Morgan fingerprint density at radius 3 is 2.17 bits per heavy atom. The molecule has 1 aliphatic carbocycles. The molecule has 0 heterocycles. The molecule has 1 rings (SSSR count). The van der Waals surface area contributed by atoms with Gasteiger partial charge in [0.2, 0.25) is 0 Å². The summed E-state index contributed by atoms with van der Waals surface area (Å²) in [6.45, 7) is 4.36. The number of allylic oxidation sites excluding steroid dienone is 2. The van der Waals surface area contributed by atoms with E-state index in [9.17, 15) is 0 Å². The molecule has 1 aliphatic rings. The largest absolute Gasteiger partial charge is 0.0842 e. The van der Waals surface area contributed by atoms with Gasteiger partial charge in [0.1, 0.15) is 0 Å². The van der Waals surface area contributed by atoms with Gasteiger partial charge in [0.25, 0.3) is 0 Å². The van der Waals surface area contributed by atoms with Crippen molar-refractivity contribution in [1.29, 1.82) is 0 Å². The van der Waals surface area contributed by atoms with E-state index in [1.165, 1.54) is 5.92 Å². The molecule has 0 fully saturated rings. The van der Waals surface area contributed by atoms with Crippen LogP contribution in [0, 0.1) is 11.8 Å². The van der Waals surface area contributed by atoms with E-state index in [-0.39, 0.29) is 0 Å². The van der Waals surface area contributed by atoms with Gasteiger partial charge in [0, 0.05) is 5.92 Å². The smallest absolute Gasteiger partial charge is 0.000742 e. The van der Waals surface area contributed by atoms with E-state index < -0.39 is 0 Å². The third-order valence-corrected chi connectivity index (χ3v) is 1.37. The maximum Gasteiger partial charge on any atom is 0.000742 e. The first kappa shape index (κ1) is 3.91. The van der Waals surface area contributed by atoms with Crippen LogP contribution in [-0.2, 0) is 0 Å². The van der Waals surface area contributed by atoms with Crippen LogP contribution in [0.2, 0.25) is 0 Å². The maximum absolute atomic E-state index is 2.20. The maximum atomic E-state index is 2.20. The molecule has 0 aromatic rings. The highest BCUT2D eigenvalue weighted by Gasteiger charge is 2.12. The highest BCUT2D eigenvalue weighted by atomic mass is 14.2. The Bertz CT molecular complexity index is 62.1. The molecule has 0 aliphatic heterocycles. The van der Waals surface area contributed by atoms with E-state index in [2.05, 4.69) is 26.0 Å². The molecule has 6 heavy (non-hydrogen) atoms. The van der Waals surface area contributed by atoms with E-state index >= 15 is 0 Å². The SMILES string of the molecule is C[C]1C=CC1C. The van der Waals surface area contributed by atoms with Crippen molar-refractivity contribution in [1.82, 2.24) is 0 Å². The third-order valence-electron chi connectivity index (χ3n) is 1.37. The summed E-state index contributed by atoms with van der Waals surface area (Å²) in [5.41, 5.74) is 0. The average Bonchev–Trinajstić information content (AvgIpc) is 1.61. The first-order chi connectivity index (χ1) is 2.80. The zero-order valence-electron chi connectivity index (χ0n) is 4.23. The Morgan fingerprint density at radius 2 is 2.17 bits per heavy atom. The molecule has 0 amide bonds. The Hall–Kier alpha value is -0.260. The summed E-state index contributed by atoms with van der Waals surface area (Å²) in [5.74, 6) is 2.28. The first-order valence-corrected chi connectivity index (χ1v) is 2.32. The highest BCUT2D eigenvalue weighted by Crippen LogP contribution is 2.24. The fourth-order valence-electron chi connectivity index (χ4n) is 0.481. The molecule has 0 aromatic carbocycles. The van der Waals surface area contributed by atoms with Crippen molar-refractivity contribution in [2.75, 3.05) is 0 Å². The molecular formula is C6H9. The van der Waals surface area contributed by atoms with Crippen molar-refractivity contribution in [2.24, 2.45) is 5.92 Å². The van der Waals surface area contributed by atoms with E-state index in [0.29, 0.717) is 0 Å². The van der Waals surface area contributed by atoms with Crippen LogP contribution >= 0.6 is 0 Å². The monoisotopic (exact) mass is 81.1 g/mol. The lowest BCUT2D eigenvalue weighted by Crippen LogP contribution is -2.07. The summed E-state index contributed by atoms with van der Waals surface area (Å²) in [6, 6.07) is 0. The first-order valence-electron chi connectivity index (χ1n) is 2.32. The summed E-state index contributed by atoms with van der Waals surface area (Å²) in [4.78, 5) is 0. The lowest BCUT2D eigenvalue weighted by molar-refractivity contribution is 0.725. The zero-order valence-corrected chi connectivity index (χ0v) is 4.23. The van der Waals surface area contributed by atoms with Crippen LogP contribution in [-0.4, -0.2) is 0 Å². The standard InChI is InChI=1S/C6H9/c1-5-3-4-6(5)2/h3-5H,1-2H3. The van der Waals surface area contributed by atoms with Gasteiger partial charge < -0.3 is 0 Å². The second-order valence-electron chi connectivity index (χ2n) is 1.89. The van der Waals surface area contributed by atoms with Gasteiger partial charge in [-0.1, -0.05) is 26.0 Å². The molecule has 1 atom stereocenters. The van der Waals surface area contributed by atoms with Gasteiger partial charge in [0.05, 0.1) is 0 Å². The molecule has 1 radical (unpaired) electrons. The van der Waals surface area contributed by atoms with Gasteiger partial charge >= 0.3 is 0 Å². The van der Waals surface area contributed by atoms with E-state index in [1.54, 1.807) is 0 Å². The fraction of sp³-hybridized carbons (Fsp3) is 0.500. The summed E-state index contributed by atoms with van der Waals surface area (Å²) >= 11 is 0. The minimum absolute atomic E-state index is 0.769. The molecule has 0 N–H and O–H groups in total. The molecule has 0 nitrogen and oxygen atoms in total. The predicted molar refractivity (Wildman–Crippen MR) is 27.2 cm³/mol. The molecule has 0 spiro atoms. The van der Waals surface area contributed by atoms with Gasteiger partial charge in [0.15, 0.2) is 0 Å². The van der Waals surface area contributed by atoms with E-state index in [0.717, 1.165) is 5.92 Å². The second kappa shape index (κ2) is 1.11. The molecule has 1 unspecified atom stereocenters. The van der Waals surface area contributed by atoms with Crippen LogP contribution in [0.15, 0.2) is 12.2 Å². The van der Waals surface area contributed by atoms with Crippen molar-refractivity contribution in [3.63, 3.8) is 0 Å². The van der Waals surface area contributed by atoms with Gasteiger partial charge in [-0.2, -0.15) is 0 Å². The molecule has 0 aromatic heterocycles. The van der Waals surface area contributed by atoms with Crippen LogP contribution in [0.1, 0.15) is 13.8 Å². The Balaban J connectivity index is 2.45. The average molecular weight is 81.1 g/mol. The lowest BCUT2D eigenvalue weighted by Gasteiger charge is -2.19. The van der Waals surface area contributed by atoms with Crippen molar-refractivity contribution in [3.8, 4) is 0 Å². The fourth-order valence-corrected chi connectivity index (χ4v) is 0.481. The molecular weight excluding hydrogens is 72.1 g/mol. The van der Waals surface area contributed by atoms with Crippen molar-refractivity contribution in [2.45, 2.75) is 13.8 Å². The van der Waals surface area contributed by atoms with Crippen LogP contribution in [0.4, 0.5) is 0 Å². The Labute approximate surface area is 38.9 Å². The number of hydrogen-bond donors (Lipinski definition) is 0. The van der Waals surface area contributed by atoms with Gasteiger partial charge in [-0.15, -0.1) is 0 Å². The normalized spacial score (nSPS) is 33.3. The Kier molecular flexibility index (Phi) is 0.722. The molecule has 33 valence electrons. The summed E-state index contributed by atoms with van der Waals surface area (Å²) in [7, 11) is 0. The minimum Gasteiger partial charge on any atom is -0.0842 e. The van der Waals surface area contributed by atoms with Gasteiger partial charge in [-0.05, 0) is 5.92 Å². The summed E-state index contributed by atoms with van der Waals surface area (Å²) < 4.78 is 0.